The van der Waals surface area contributed by atoms with Gasteiger partial charge in [0.1, 0.15) is 11.3 Å². The van der Waals surface area contributed by atoms with Crippen molar-refractivity contribution in [3.8, 4) is 11.5 Å². The Morgan fingerprint density at radius 3 is 2.77 bits per heavy atom. The van der Waals surface area contributed by atoms with E-state index in [-0.39, 0.29) is 23.4 Å². The average Bonchev–Trinajstić information content (AvgIpc) is 3.18. The Morgan fingerprint density at radius 2 is 1.97 bits per heavy atom. The number of rotatable bonds is 2. The van der Waals surface area contributed by atoms with Gasteiger partial charge in [-0.05, 0) is 70.7 Å². The molecule has 1 atom stereocenters. The number of nitrogens with zero attached hydrogens (tertiary/aromatic N) is 2. The maximum Gasteiger partial charge on any atom is 0.254 e. The number of halogens is 3. The lowest BCUT2D eigenvalue weighted by molar-refractivity contribution is 0.0677. The fourth-order valence-corrected chi connectivity index (χ4v) is 4.97. The number of hydrogen-bond acceptors (Lipinski definition) is 3. The number of carbonyl (C=O) groups is 1. The molecule has 0 aliphatic carbocycles. The van der Waals surface area contributed by atoms with Gasteiger partial charge in [0.25, 0.3) is 5.91 Å². The maximum absolute atomic E-state index is 14.4. The van der Waals surface area contributed by atoms with Crippen LogP contribution in [0.3, 0.4) is 0 Å². The predicted octanol–water partition coefficient (Wildman–Crippen LogP) is 6.92. The molecule has 156 valence electrons. The van der Waals surface area contributed by atoms with Gasteiger partial charge in [0.15, 0.2) is 5.58 Å². The lowest BCUT2D eigenvalue weighted by atomic mass is 9.93. The number of carbonyl (C=O) groups excluding carboxylic acids is 1. The molecule has 0 spiro atoms. The molecule has 31 heavy (non-hydrogen) atoms. The normalized spacial score (nSPS) is 15.9. The summed E-state index contributed by atoms with van der Waals surface area (Å²) in [6, 6.07) is 16.3. The fraction of sp³-hybridized carbons (Fsp3) is 0.167. The second-order valence-corrected chi connectivity index (χ2v) is 9.34. The van der Waals surface area contributed by atoms with Crippen LogP contribution in [0.5, 0.6) is 0 Å². The minimum Gasteiger partial charge on any atom is -0.436 e. The van der Waals surface area contributed by atoms with Gasteiger partial charge in [-0.15, -0.1) is 0 Å². The van der Waals surface area contributed by atoms with Gasteiger partial charge >= 0.3 is 0 Å². The molecule has 1 aromatic heterocycles. The van der Waals surface area contributed by atoms with Crippen LogP contribution in [-0.4, -0.2) is 22.3 Å². The highest BCUT2D eigenvalue weighted by molar-refractivity contribution is 9.11. The van der Waals surface area contributed by atoms with Crippen molar-refractivity contribution in [2.45, 2.75) is 19.4 Å². The quantitative estimate of drug-likeness (QED) is 0.276. The highest BCUT2D eigenvalue weighted by atomic mass is 79.9. The highest BCUT2D eigenvalue weighted by Crippen LogP contribution is 2.34. The summed E-state index contributed by atoms with van der Waals surface area (Å²) in [5.41, 5.74) is 4.21. The van der Waals surface area contributed by atoms with Crippen molar-refractivity contribution in [3.63, 3.8) is 0 Å². The van der Waals surface area contributed by atoms with Crippen LogP contribution < -0.4 is 0 Å². The molecule has 4 nitrogen and oxygen atoms in total. The number of hydrogen-bond donors (Lipinski definition) is 0. The van der Waals surface area contributed by atoms with Crippen LogP contribution in [0, 0.1) is 5.82 Å². The van der Waals surface area contributed by atoms with E-state index in [1.807, 2.05) is 24.0 Å². The first-order chi connectivity index (χ1) is 14.9. The predicted molar refractivity (Wildman–Crippen MR) is 124 cm³/mol. The third-order valence-electron chi connectivity index (χ3n) is 5.71. The first kappa shape index (κ1) is 20.4. The third kappa shape index (κ3) is 3.59. The van der Waals surface area contributed by atoms with Gasteiger partial charge in [-0.25, -0.2) is 9.37 Å². The number of oxazole rings is 1. The smallest absolute Gasteiger partial charge is 0.254 e. The molecule has 0 saturated heterocycles. The van der Waals surface area contributed by atoms with Crippen molar-refractivity contribution in [1.82, 2.24) is 9.88 Å². The first-order valence-electron chi connectivity index (χ1n) is 9.86. The summed E-state index contributed by atoms with van der Waals surface area (Å²) in [6.45, 7) is 2.70. The first-order valence-corrected chi connectivity index (χ1v) is 11.5. The Morgan fingerprint density at radius 1 is 1.16 bits per heavy atom. The van der Waals surface area contributed by atoms with Crippen molar-refractivity contribution in [3.05, 3.63) is 86.1 Å². The summed E-state index contributed by atoms with van der Waals surface area (Å²) in [5, 5.41) is 0. The molecular weight excluding hydrogens is 527 g/mol. The summed E-state index contributed by atoms with van der Waals surface area (Å²) in [7, 11) is 0. The summed E-state index contributed by atoms with van der Waals surface area (Å²) in [5.74, 6) is -0.336. The summed E-state index contributed by atoms with van der Waals surface area (Å²) in [4.78, 5) is 19.7. The Labute approximate surface area is 195 Å². The largest absolute Gasteiger partial charge is 0.436 e. The van der Waals surface area contributed by atoms with E-state index in [1.165, 1.54) is 17.2 Å². The van der Waals surface area contributed by atoms with Gasteiger partial charge < -0.3 is 9.32 Å². The molecule has 0 bridgehead atoms. The van der Waals surface area contributed by atoms with Crippen LogP contribution in [0.1, 0.15) is 34.5 Å². The molecule has 0 N–H and O–H groups in total. The monoisotopic (exact) mass is 542 g/mol. The van der Waals surface area contributed by atoms with E-state index in [1.54, 1.807) is 24.3 Å². The molecule has 1 unspecified atom stereocenters. The molecular formula is C24H17Br2FN2O2. The second-order valence-electron chi connectivity index (χ2n) is 7.57. The number of aromatic nitrogens is 1. The molecule has 1 aliphatic heterocycles. The van der Waals surface area contributed by atoms with E-state index >= 15 is 0 Å². The molecule has 0 radical (unpaired) electrons. The molecule has 0 saturated carbocycles. The van der Waals surface area contributed by atoms with Crippen LogP contribution in [0.15, 0.2) is 68.0 Å². The van der Waals surface area contributed by atoms with Gasteiger partial charge in [0, 0.05) is 21.1 Å². The molecule has 3 aromatic carbocycles. The van der Waals surface area contributed by atoms with E-state index in [0.29, 0.717) is 32.2 Å². The van der Waals surface area contributed by atoms with Crippen LogP contribution in [0.2, 0.25) is 0 Å². The zero-order valence-corrected chi connectivity index (χ0v) is 19.7. The molecule has 0 fully saturated rings. The Kier molecular flexibility index (Phi) is 5.18. The van der Waals surface area contributed by atoms with E-state index in [4.69, 9.17) is 4.42 Å². The lowest BCUT2D eigenvalue weighted by Gasteiger charge is -2.35. The molecule has 4 aromatic rings. The number of fused-ring (bicyclic) bond motifs is 2. The van der Waals surface area contributed by atoms with Gasteiger partial charge in [-0.3, -0.25) is 4.79 Å². The van der Waals surface area contributed by atoms with E-state index in [0.717, 1.165) is 6.42 Å². The van der Waals surface area contributed by atoms with E-state index in [9.17, 15) is 9.18 Å². The minimum atomic E-state index is -0.436. The van der Waals surface area contributed by atoms with Crippen molar-refractivity contribution < 1.29 is 13.6 Å². The van der Waals surface area contributed by atoms with Crippen molar-refractivity contribution in [2.24, 2.45) is 0 Å². The van der Waals surface area contributed by atoms with Crippen molar-refractivity contribution in [1.29, 1.82) is 0 Å². The Hall–Kier alpha value is -2.51. The Balaban J connectivity index is 1.52. The summed E-state index contributed by atoms with van der Waals surface area (Å²) >= 11 is 6.76. The van der Waals surface area contributed by atoms with Gasteiger partial charge in [-0.1, -0.05) is 40.2 Å². The summed E-state index contributed by atoms with van der Waals surface area (Å²) in [6.07, 6.45) is 0.824. The fourth-order valence-electron chi connectivity index (χ4n) is 4.11. The van der Waals surface area contributed by atoms with Gasteiger partial charge in [-0.2, -0.15) is 0 Å². The second kappa shape index (κ2) is 7.88. The van der Waals surface area contributed by atoms with Crippen molar-refractivity contribution in [2.75, 3.05) is 6.54 Å². The van der Waals surface area contributed by atoms with Crippen LogP contribution in [0.25, 0.3) is 22.6 Å². The molecule has 7 heteroatoms. The van der Waals surface area contributed by atoms with Crippen molar-refractivity contribution >= 4 is 48.9 Å². The standard InChI is InChI=1S/C24H17Br2FN2O2/c1-13-17-5-3-2-4-14(17)8-9-29(13)24(30)15-10-19(26)22-21(11-15)31-23(28-22)18-7-6-16(25)12-20(18)27/h2-7,10-13H,8-9H2,1H3. The zero-order chi connectivity index (χ0) is 21.7. The topological polar surface area (TPSA) is 46.3 Å². The number of benzene rings is 3. The number of amides is 1. The molecule has 1 amide bonds. The SMILES string of the molecule is CC1c2ccccc2CCN1C(=O)c1cc(Br)c2nc(-c3ccc(Br)cc3F)oc2c1. The van der Waals surface area contributed by atoms with E-state index < -0.39 is 5.82 Å². The Bertz CT molecular complexity index is 1330. The molecule has 1 aliphatic rings. The van der Waals surface area contributed by atoms with Crippen LogP contribution in [0.4, 0.5) is 4.39 Å². The molecule has 2 heterocycles. The van der Waals surface area contributed by atoms with Gasteiger partial charge in [0.05, 0.1) is 11.6 Å². The average molecular weight is 544 g/mol. The highest BCUT2D eigenvalue weighted by Gasteiger charge is 2.29. The maximum atomic E-state index is 14.4. The van der Waals surface area contributed by atoms with E-state index in [2.05, 4.69) is 49.0 Å². The minimum absolute atomic E-state index is 0.0194. The zero-order valence-electron chi connectivity index (χ0n) is 16.5. The lowest BCUT2D eigenvalue weighted by Crippen LogP contribution is -2.38. The van der Waals surface area contributed by atoms with Crippen LogP contribution >= 0.6 is 31.9 Å². The van der Waals surface area contributed by atoms with Gasteiger partial charge in [0.2, 0.25) is 5.89 Å². The van der Waals surface area contributed by atoms with Crippen LogP contribution in [-0.2, 0) is 6.42 Å². The third-order valence-corrected chi connectivity index (χ3v) is 6.81. The molecule has 5 rings (SSSR count). The summed E-state index contributed by atoms with van der Waals surface area (Å²) < 4.78 is 21.5.